The van der Waals surface area contributed by atoms with Crippen molar-refractivity contribution in [3.8, 4) is 0 Å². The van der Waals surface area contributed by atoms with E-state index < -0.39 is 22.4 Å². The number of aromatic nitrogens is 4. The first-order valence-corrected chi connectivity index (χ1v) is 13.4. The number of rotatable bonds is 7. The van der Waals surface area contributed by atoms with Crippen molar-refractivity contribution < 1.29 is 13.7 Å². The first-order chi connectivity index (χ1) is 16.8. The number of anilines is 2. The largest absolute Gasteiger partial charge is 0.447 e. The minimum absolute atomic E-state index is 0.0552. The summed E-state index contributed by atoms with van der Waals surface area (Å²) in [5.41, 5.74) is 7.66. The minimum atomic E-state index is -1.17. The van der Waals surface area contributed by atoms with E-state index in [1.807, 2.05) is 26.2 Å². The second-order valence-electron chi connectivity index (χ2n) is 9.93. The average molecular weight is 498 g/mol. The Bertz CT molecular complexity index is 1180. The van der Waals surface area contributed by atoms with Crippen molar-refractivity contribution in [2.75, 3.05) is 35.7 Å². The molecule has 1 saturated carbocycles. The molecular weight excluding hydrogens is 466 g/mol. The molecule has 11 heteroatoms. The molecule has 3 N–H and O–H groups in total. The third kappa shape index (κ3) is 5.44. The summed E-state index contributed by atoms with van der Waals surface area (Å²) >= 11 is 0. The van der Waals surface area contributed by atoms with Gasteiger partial charge in [-0.2, -0.15) is 4.98 Å². The fourth-order valence-corrected chi connectivity index (χ4v) is 5.72. The van der Waals surface area contributed by atoms with Crippen molar-refractivity contribution in [2.24, 2.45) is 5.73 Å². The predicted octanol–water partition coefficient (Wildman–Crippen LogP) is 2.78. The molecular formula is C24H31N7O3S. The third-order valence-electron chi connectivity index (χ3n) is 6.44. The Labute approximate surface area is 207 Å². The van der Waals surface area contributed by atoms with Gasteiger partial charge in [0, 0.05) is 37.7 Å². The molecule has 0 spiro atoms. The molecule has 0 saturated heterocycles. The molecule has 1 aliphatic carbocycles. The Hall–Kier alpha value is -3.08. The molecule has 2 aliphatic heterocycles. The Balaban J connectivity index is 1.34. The van der Waals surface area contributed by atoms with Crippen LogP contribution in [-0.2, 0) is 22.0 Å². The number of amides is 1. The fraction of sp³-hybridized carbons (Fsp3) is 0.542. The van der Waals surface area contributed by atoms with E-state index in [0.717, 1.165) is 43.0 Å². The predicted molar refractivity (Wildman–Crippen MR) is 134 cm³/mol. The van der Waals surface area contributed by atoms with E-state index in [1.54, 1.807) is 0 Å². The zero-order valence-corrected chi connectivity index (χ0v) is 20.9. The van der Waals surface area contributed by atoms with Crippen LogP contribution < -0.4 is 16.0 Å². The van der Waals surface area contributed by atoms with Crippen LogP contribution in [0.5, 0.6) is 0 Å². The van der Waals surface area contributed by atoms with Gasteiger partial charge in [0.15, 0.2) is 5.82 Å². The molecule has 0 radical (unpaired) electrons. The van der Waals surface area contributed by atoms with Crippen LogP contribution in [-0.4, -0.2) is 61.2 Å². The van der Waals surface area contributed by atoms with E-state index in [1.165, 1.54) is 18.4 Å². The highest BCUT2D eigenvalue weighted by atomic mass is 32.2. The molecule has 1 atom stereocenters. The number of hydrogen-bond donors (Lipinski definition) is 2. The first kappa shape index (κ1) is 23.7. The number of nitrogens with zero attached hydrogens (tertiary/aromatic N) is 5. The van der Waals surface area contributed by atoms with Crippen LogP contribution in [0.4, 0.5) is 16.6 Å². The summed E-state index contributed by atoms with van der Waals surface area (Å²) in [6.07, 6.45) is 10.0. The van der Waals surface area contributed by atoms with Crippen LogP contribution in [0.15, 0.2) is 23.4 Å². The van der Waals surface area contributed by atoms with Crippen LogP contribution in [0.25, 0.3) is 5.57 Å². The van der Waals surface area contributed by atoms with Gasteiger partial charge in [-0.15, -0.1) is 0 Å². The standard InChI is InChI=1S/C24H31N7O3S/c1-24(2,14-34-22(25)32)30-21-19-18(8-11-35(19)33)28-23(29-21)31-9-3-4-16(7-10-31)20-26-12-17(13-27-20)15-5-6-15/h4,12-13,15H,3,5-11,14H2,1-2H3,(H2,25,32)(H,28,29,30). The van der Waals surface area contributed by atoms with Crippen molar-refractivity contribution in [3.05, 3.63) is 35.6 Å². The van der Waals surface area contributed by atoms with Gasteiger partial charge >= 0.3 is 6.09 Å². The van der Waals surface area contributed by atoms with Gasteiger partial charge in [-0.05, 0) is 56.6 Å². The van der Waals surface area contributed by atoms with Gasteiger partial charge in [-0.3, -0.25) is 4.21 Å². The van der Waals surface area contributed by atoms with Crippen molar-refractivity contribution >= 4 is 34.2 Å². The smallest absolute Gasteiger partial charge is 0.404 e. The highest BCUT2D eigenvalue weighted by molar-refractivity contribution is 7.85. The molecule has 35 heavy (non-hydrogen) atoms. The van der Waals surface area contributed by atoms with Gasteiger partial charge in [0.25, 0.3) is 0 Å². The number of fused-ring (bicyclic) bond motifs is 1. The van der Waals surface area contributed by atoms with E-state index in [9.17, 15) is 9.00 Å². The van der Waals surface area contributed by atoms with Crippen molar-refractivity contribution in [1.82, 2.24) is 19.9 Å². The normalized spacial score (nSPS) is 20.1. The van der Waals surface area contributed by atoms with E-state index >= 15 is 0 Å². The quantitative estimate of drug-likeness (QED) is 0.591. The molecule has 3 aliphatic rings. The molecule has 186 valence electrons. The number of aryl methyl sites for hydroxylation is 1. The third-order valence-corrected chi connectivity index (χ3v) is 7.90. The lowest BCUT2D eigenvalue weighted by atomic mass is 10.1. The molecule has 1 unspecified atom stereocenters. The fourth-order valence-electron chi connectivity index (χ4n) is 4.42. The molecule has 1 amide bonds. The number of ether oxygens (including phenoxy) is 1. The van der Waals surface area contributed by atoms with Gasteiger partial charge in [-0.25, -0.2) is 19.7 Å². The van der Waals surface area contributed by atoms with E-state index in [4.69, 9.17) is 20.4 Å². The van der Waals surface area contributed by atoms with Gasteiger partial charge in [0.05, 0.1) is 22.0 Å². The summed E-state index contributed by atoms with van der Waals surface area (Å²) in [6, 6.07) is 0. The molecule has 0 aromatic carbocycles. The number of hydrogen-bond acceptors (Lipinski definition) is 9. The van der Waals surface area contributed by atoms with Crippen LogP contribution in [0.3, 0.4) is 0 Å². The molecule has 1 fully saturated rings. The first-order valence-electron chi connectivity index (χ1n) is 12.0. The second-order valence-corrected chi connectivity index (χ2v) is 11.4. The van der Waals surface area contributed by atoms with E-state index in [2.05, 4.69) is 26.3 Å². The SMILES string of the molecule is CC(C)(COC(N)=O)Nc1nc(N2CCC=C(c3ncc(C4CC4)cn3)CC2)nc2c1S(=O)CC2. The number of carbonyl (C=O) groups excluding carboxylic acids is 1. The second kappa shape index (κ2) is 9.52. The van der Waals surface area contributed by atoms with Gasteiger partial charge in [0.2, 0.25) is 5.95 Å². The maximum atomic E-state index is 12.7. The molecule has 0 bridgehead atoms. The van der Waals surface area contributed by atoms with Crippen molar-refractivity contribution in [3.63, 3.8) is 0 Å². The zero-order chi connectivity index (χ0) is 24.6. The van der Waals surface area contributed by atoms with Gasteiger partial charge in [0.1, 0.15) is 17.3 Å². The monoisotopic (exact) mass is 497 g/mol. The van der Waals surface area contributed by atoms with Gasteiger partial charge < -0.3 is 20.7 Å². The number of primary amides is 1. The summed E-state index contributed by atoms with van der Waals surface area (Å²) in [4.78, 5) is 32.7. The van der Waals surface area contributed by atoms with Gasteiger partial charge in [-0.1, -0.05) is 6.08 Å². The van der Waals surface area contributed by atoms with Crippen molar-refractivity contribution in [1.29, 1.82) is 0 Å². The highest BCUT2D eigenvalue weighted by Crippen LogP contribution is 2.39. The molecule has 2 aromatic rings. The van der Waals surface area contributed by atoms with Crippen LogP contribution in [0, 0.1) is 0 Å². The Kier molecular flexibility index (Phi) is 6.43. The summed E-state index contributed by atoms with van der Waals surface area (Å²) in [6.45, 7) is 5.30. The zero-order valence-electron chi connectivity index (χ0n) is 20.1. The van der Waals surface area contributed by atoms with Crippen molar-refractivity contribution in [2.45, 2.75) is 62.3 Å². The maximum Gasteiger partial charge on any atom is 0.404 e. The topological polar surface area (TPSA) is 136 Å². The van der Waals surface area contributed by atoms with E-state index in [-0.39, 0.29) is 6.61 Å². The Morgan fingerprint density at radius 2 is 2.00 bits per heavy atom. The Morgan fingerprint density at radius 3 is 2.71 bits per heavy atom. The summed E-state index contributed by atoms with van der Waals surface area (Å²) < 4.78 is 17.7. The molecule has 5 rings (SSSR count). The summed E-state index contributed by atoms with van der Waals surface area (Å²) in [5.74, 6) is 3.09. The van der Waals surface area contributed by atoms with Crippen LogP contribution >= 0.6 is 0 Å². The van der Waals surface area contributed by atoms with Crippen LogP contribution in [0.2, 0.25) is 0 Å². The maximum absolute atomic E-state index is 12.7. The highest BCUT2D eigenvalue weighted by Gasteiger charge is 2.31. The minimum Gasteiger partial charge on any atom is -0.447 e. The van der Waals surface area contributed by atoms with Crippen LogP contribution in [0.1, 0.15) is 62.5 Å². The average Bonchev–Trinajstić information content (AvgIpc) is 3.64. The Morgan fingerprint density at radius 1 is 1.23 bits per heavy atom. The number of carbonyl (C=O) groups is 1. The molecule has 10 nitrogen and oxygen atoms in total. The van der Waals surface area contributed by atoms with E-state index in [0.29, 0.717) is 34.8 Å². The molecule has 4 heterocycles. The summed E-state index contributed by atoms with van der Waals surface area (Å²) in [7, 11) is -1.17. The summed E-state index contributed by atoms with van der Waals surface area (Å²) in [5, 5.41) is 3.32. The number of nitrogens with two attached hydrogens (primary N) is 1. The lowest BCUT2D eigenvalue weighted by Gasteiger charge is -2.28. The lowest BCUT2D eigenvalue weighted by Crippen LogP contribution is -2.39. The number of nitrogens with one attached hydrogen (secondary N) is 1. The molecule has 2 aromatic heterocycles. The lowest BCUT2D eigenvalue weighted by molar-refractivity contribution is 0.138.